The summed E-state index contributed by atoms with van der Waals surface area (Å²) in [5.41, 5.74) is 3.28. The third kappa shape index (κ3) is 3.03. The summed E-state index contributed by atoms with van der Waals surface area (Å²) in [5.74, 6) is 2.31. The molecule has 0 spiro atoms. The van der Waals surface area contributed by atoms with Crippen LogP contribution in [0.2, 0.25) is 0 Å². The Bertz CT molecular complexity index is 871. The van der Waals surface area contributed by atoms with Crippen LogP contribution in [0.25, 0.3) is 10.9 Å². The molecule has 0 saturated carbocycles. The molecule has 1 unspecified atom stereocenters. The second-order valence-electron chi connectivity index (χ2n) is 6.10. The molecule has 0 aliphatic rings. The van der Waals surface area contributed by atoms with Gasteiger partial charge in [0, 0.05) is 22.7 Å². The zero-order chi connectivity index (χ0) is 18.0. The number of fused-ring (bicyclic) bond motifs is 1. The van der Waals surface area contributed by atoms with Crippen molar-refractivity contribution in [3.8, 4) is 17.2 Å². The number of nitrogens with one attached hydrogen (secondary N) is 1. The van der Waals surface area contributed by atoms with Gasteiger partial charge in [-0.1, -0.05) is 12.1 Å². The van der Waals surface area contributed by atoms with E-state index in [4.69, 9.17) is 14.2 Å². The number of aromatic nitrogens is 1. The summed E-state index contributed by atoms with van der Waals surface area (Å²) < 4.78 is 16.5. The van der Waals surface area contributed by atoms with Crippen molar-refractivity contribution in [3.05, 3.63) is 53.7 Å². The van der Waals surface area contributed by atoms with Gasteiger partial charge in [-0.25, -0.2) is 0 Å². The average molecular weight is 340 g/mol. The molecule has 1 aromatic heterocycles. The van der Waals surface area contributed by atoms with E-state index in [-0.39, 0.29) is 6.04 Å². The highest BCUT2D eigenvalue weighted by Gasteiger charge is 2.25. The molecule has 0 aliphatic heterocycles. The number of H-pyrrole nitrogens is 1. The lowest BCUT2D eigenvalue weighted by molar-refractivity contribution is 0.315. The Labute approximate surface area is 148 Å². The molecule has 5 heteroatoms. The van der Waals surface area contributed by atoms with E-state index in [0.29, 0.717) is 0 Å². The lowest BCUT2D eigenvalue weighted by Gasteiger charge is -2.27. The number of benzene rings is 2. The molecule has 25 heavy (non-hydrogen) atoms. The monoisotopic (exact) mass is 340 g/mol. The number of para-hydroxylation sites is 1. The van der Waals surface area contributed by atoms with Crippen LogP contribution in [-0.2, 0) is 0 Å². The SMILES string of the molecule is COc1ccc2[nH]cc(C(c3cccc(OC)c3OC)N(C)C)c2c1. The van der Waals surface area contributed by atoms with Crippen LogP contribution in [-0.4, -0.2) is 45.3 Å². The highest BCUT2D eigenvalue weighted by Crippen LogP contribution is 2.41. The van der Waals surface area contributed by atoms with E-state index < -0.39 is 0 Å². The van der Waals surface area contributed by atoms with Crippen LogP contribution in [0.15, 0.2) is 42.6 Å². The second-order valence-corrected chi connectivity index (χ2v) is 6.10. The minimum Gasteiger partial charge on any atom is -0.497 e. The Morgan fingerprint density at radius 2 is 1.72 bits per heavy atom. The first-order chi connectivity index (χ1) is 12.1. The van der Waals surface area contributed by atoms with E-state index in [1.165, 1.54) is 0 Å². The first kappa shape index (κ1) is 17.2. The largest absolute Gasteiger partial charge is 0.497 e. The van der Waals surface area contributed by atoms with Crippen LogP contribution < -0.4 is 14.2 Å². The fourth-order valence-corrected chi connectivity index (χ4v) is 3.33. The zero-order valence-corrected chi connectivity index (χ0v) is 15.3. The summed E-state index contributed by atoms with van der Waals surface area (Å²) in [6, 6.07) is 12.0. The summed E-state index contributed by atoms with van der Waals surface area (Å²) in [4.78, 5) is 5.52. The highest BCUT2D eigenvalue weighted by atomic mass is 16.5. The van der Waals surface area contributed by atoms with Crippen molar-refractivity contribution >= 4 is 10.9 Å². The summed E-state index contributed by atoms with van der Waals surface area (Å²) in [7, 11) is 9.13. The first-order valence-electron chi connectivity index (χ1n) is 8.13. The molecule has 3 aromatic rings. The van der Waals surface area contributed by atoms with Gasteiger partial charge >= 0.3 is 0 Å². The molecule has 0 fully saturated rings. The van der Waals surface area contributed by atoms with E-state index >= 15 is 0 Å². The normalized spacial score (nSPS) is 12.4. The Hall–Kier alpha value is -2.66. The fourth-order valence-electron chi connectivity index (χ4n) is 3.33. The van der Waals surface area contributed by atoms with Crippen LogP contribution in [0.1, 0.15) is 17.2 Å². The first-order valence-corrected chi connectivity index (χ1v) is 8.13. The van der Waals surface area contributed by atoms with E-state index in [2.05, 4.69) is 36.1 Å². The molecule has 5 nitrogen and oxygen atoms in total. The van der Waals surface area contributed by atoms with E-state index in [1.54, 1.807) is 21.3 Å². The molecular formula is C20H24N2O3. The van der Waals surface area contributed by atoms with Gasteiger partial charge in [-0.3, -0.25) is 4.90 Å². The van der Waals surface area contributed by atoms with Gasteiger partial charge in [0.2, 0.25) is 0 Å². The van der Waals surface area contributed by atoms with Crippen molar-refractivity contribution in [2.24, 2.45) is 0 Å². The van der Waals surface area contributed by atoms with Crippen LogP contribution >= 0.6 is 0 Å². The van der Waals surface area contributed by atoms with Gasteiger partial charge < -0.3 is 19.2 Å². The van der Waals surface area contributed by atoms with Crippen molar-refractivity contribution in [2.75, 3.05) is 35.4 Å². The maximum atomic E-state index is 5.67. The van der Waals surface area contributed by atoms with Crippen LogP contribution in [0.5, 0.6) is 17.2 Å². The van der Waals surface area contributed by atoms with Crippen LogP contribution in [0.3, 0.4) is 0 Å². The molecule has 0 amide bonds. The lowest BCUT2D eigenvalue weighted by Crippen LogP contribution is -2.21. The molecular weight excluding hydrogens is 316 g/mol. The van der Waals surface area contributed by atoms with Crippen molar-refractivity contribution in [1.29, 1.82) is 0 Å². The molecule has 132 valence electrons. The van der Waals surface area contributed by atoms with Crippen molar-refractivity contribution in [1.82, 2.24) is 9.88 Å². The number of hydrogen-bond donors (Lipinski definition) is 1. The predicted octanol–water partition coefficient (Wildman–Crippen LogP) is 3.84. The van der Waals surface area contributed by atoms with Crippen molar-refractivity contribution in [3.63, 3.8) is 0 Å². The van der Waals surface area contributed by atoms with Crippen molar-refractivity contribution < 1.29 is 14.2 Å². The predicted molar refractivity (Wildman–Crippen MR) is 99.9 cm³/mol. The maximum Gasteiger partial charge on any atom is 0.165 e. The number of hydrogen-bond acceptors (Lipinski definition) is 4. The molecule has 2 aromatic carbocycles. The number of methoxy groups -OCH3 is 3. The van der Waals surface area contributed by atoms with Gasteiger partial charge in [0.1, 0.15) is 5.75 Å². The van der Waals surface area contributed by atoms with Crippen LogP contribution in [0.4, 0.5) is 0 Å². The molecule has 0 bridgehead atoms. The molecule has 3 rings (SSSR count). The zero-order valence-electron chi connectivity index (χ0n) is 15.3. The summed E-state index contributed by atoms with van der Waals surface area (Å²) >= 11 is 0. The maximum absolute atomic E-state index is 5.67. The molecule has 1 atom stereocenters. The van der Waals surface area contributed by atoms with Gasteiger partial charge in [0.05, 0.1) is 27.4 Å². The molecule has 0 radical (unpaired) electrons. The minimum atomic E-state index is 0.00547. The Morgan fingerprint density at radius 3 is 2.36 bits per heavy atom. The Morgan fingerprint density at radius 1 is 0.920 bits per heavy atom. The minimum absolute atomic E-state index is 0.00547. The second kappa shape index (κ2) is 7.07. The molecule has 0 saturated heterocycles. The summed E-state index contributed by atoms with van der Waals surface area (Å²) in [6.07, 6.45) is 2.05. The van der Waals surface area contributed by atoms with Gasteiger partial charge in [-0.15, -0.1) is 0 Å². The number of ether oxygens (including phenoxy) is 3. The van der Waals surface area contributed by atoms with Gasteiger partial charge in [-0.2, -0.15) is 0 Å². The number of rotatable bonds is 6. The van der Waals surface area contributed by atoms with Crippen LogP contribution in [0, 0.1) is 0 Å². The number of aromatic amines is 1. The number of nitrogens with zero attached hydrogens (tertiary/aromatic N) is 1. The molecule has 1 N–H and O–H groups in total. The smallest absolute Gasteiger partial charge is 0.165 e. The Balaban J connectivity index is 2.22. The fraction of sp³-hybridized carbons (Fsp3) is 0.300. The van der Waals surface area contributed by atoms with Gasteiger partial charge in [0.15, 0.2) is 11.5 Å². The molecule has 1 heterocycles. The van der Waals surface area contributed by atoms with Gasteiger partial charge in [0.25, 0.3) is 0 Å². The topological polar surface area (TPSA) is 46.7 Å². The van der Waals surface area contributed by atoms with Gasteiger partial charge in [-0.05, 0) is 43.9 Å². The Kier molecular flexibility index (Phi) is 4.86. The van der Waals surface area contributed by atoms with Crippen molar-refractivity contribution in [2.45, 2.75) is 6.04 Å². The third-order valence-electron chi connectivity index (χ3n) is 4.46. The summed E-state index contributed by atoms with van der Waals surface area (Å²) in [6.45, 7) is 0. The highest BCUT2D eigenvalue weighted by molar-refractivity contribution is 5.85. The molecule has 0 aliphatic carbocycles. The standard InChI is InChI=1S/C20H24N2O3/c1-22(2)19(14-7-6-8-18(24-4)20(14)25-5)16-12-21-17-10-9-13(23-3)11-15(16)17/h6-12,19,21H,1-5H3. The third-order valence-corrected chi connectivity index (χ3v) is 4.46. The van der Waals surface area contributed by atoms with E-state index in [9.17, 15) is 0 Å². The quantitative estimate of drug-likeness (QED) is 0.740. The average Bonchev–Trinajstić information content (AvgIpc) is 3.04. The summed E-state index contributed by atoms with van der Waals surface area (Å²) in [5, 5.41) is 1.13. The lowest BCUT2D eigenvalue weighted by atomic mass is 9.96. The van der Waals surface area contributed by atoms with E-state index in [1.807, 2.05) is 30.5 Å². The van der Waals surface area contributed by atoms with E-state index in [0.717, 1.165) is 39.3 Å².